The Morgan fingerprint density at radius 2 is 1.96 bits per heavy atom. The van der Waals surface area contributed by atoms with Crippen LogP contribution in [-0.4, -0.2) is 60.1 Å². The van der Waals surface area contributed by atoms with Crippen molar-refractivity contribution in [3.8, 4) is 0 Å². The molecule has 1 saturated heterocycles. The molecule has 0 spiro atoms. The molecule has 1 aliphatic rings. The zero-order valence-electron chi connectivity index (χ0n) is 17.2. The number of hydrogen-bond acceptors (Lipinski definition) is 5. The van der Waals surface area contributed by atoms with Gasteiger partial charge in [0.25, 0.3) is 0 Å². The third kappa shape index (κ3) is 4.94. The molecular weight excluding hydrogens is 358 g/mol. The molecule has 3 heterocycles. The van der Waals surface area contributed by atoms with Crippen LogP contribution in [0.15, 0.2) is 16.5 Å². The van der Waals surface area contributed by atoms with Crippen molar-refractivity contribution in [2.45, 2.75) is 33.2 Å². The van der Waals surface area contributed by atoms with Crippen molar-refractivity contribution in [3.05, 3.63) is 40.6 Å². The van der Waals surface area contributed by atoms with Crippen molar-refractivity contribution in [1.29, 1.82) is 0 Å². The largest absolute Gasteiger partial charge is 0.465 e. The Hall–Kier alpha value is -2.32. The minimum Gasteiger partial charge on any atom is -0.465 e. The number of carbonyl (C=O) groups is 1. The topological polar surface area (TPSA) is 84.6 Å². The van der Waals surface area contributed by atoms with Gasteiger partial charge in [0.15, 0.2) is 0 Å². The molecule has 1 fully saturated rings. The van der Waals surface area contributed by atoms with Crippen LogP contribution >= 0.6 is 0 Å². The fraction of sp³-hybridized carbons (Fsp3) is 0.600. The number of hydrogen-bond donors (Lipinski definition) is 2. The molecule has 0 aromatic carbocycles. The average Bonchev–Trinajstić information content (AvgIpc) is 3.21. The smallest absolute Gasteiger partial charge is 0.314 e. The van der Waals surface area contributed by atoms with Crippen LogP contribution in [0, 0.1) is 20.8 Å². The third-order valence-corrected chi connectivity index (χ3v) is 5.35. The summed E-state index contributed by atoms with van der Waals surface area (Å²) in [5.41, 5.74) is 3.35. The van der Waals surface area contributed by atoms with E-state index in [2.05, 4.69) is 20.6 Å². The number of ether oxygens (including phenoxy) is 1. The monoisotopic (exact) mass is 389 g/mol. The molecule has 0 bridgehead atoms. The predicted molar refractivity (Wildman–Crippen MR) is 106 cm³/mol. The number of urea groups is 1. The lowest BCUT2D eigenvalue weighted by molar-refractivity contribution is 0.0121. The Morgan fingerprint density at radius 1 is 1.21 bits per heavy atom. The quantitative estimate of drug-likeness (QED) is 0.755. The van der Waals surface area contributed by atoms with Crippen LogP contribution < -0.4 is 10.6 Å². The number of aromatic nitrogens is 2. The van der Waals surface area contributed by atoms with E-state index < -0.39 is 0 Å². The summed E-state index contributed by atoms with van der Waals surface area (Å²) in [6.07, 6.45) is 0.767. The van der Waals surface area contributed by atoms with Gasteiger partial charge in [-0.1, -0.05) is 0 Å². The van der Waals surface area contributed by atoms with Crippen molar-refractivity contribution in [1.82, 2.24) is 25.3 Å². The van der Waals surface area contributed by atoms with Crippen LogP contribution in [0.3, 0.4) is 0 Å². The molecule has 28 heavy (non-hydrogen) atoms. The number of furan rings is 1. The molecule has 1 unspecified atom stereocenters. The first-order valence-corrected chi connectivity index (χ1v) is 9.84. The Morgan fingerprint density at radius 3 is 2.57 bits per heavy atom. The molecule has 154 valence electrons. The number of aryl methyl sites for hydroxylation is 3. The molecule has 0 aliphatic carbocycles. The van der Waals surface area contributed by atoms with E-state index in [1.54, 1.807) is 0 Å². The second-order valence-corrected chi connectivity index (χ2v) is 7.27. The highest BCUT2D eigenvalue weighted by Gasteiger charge is 2.25. The molecule has 8 nitrogen and oxygen atoms in total. The van der Waals surface area contributed by atoms with Crippen LogP contribution in [0.2, 0.25) is 0 Å². The fourth-order valence-electron chi connectivity index (χ4n) is 3.66. The zero-order valence-corrected chi connectivity index (χ0v) is 17.2. The van der Waals surface area contributed by atoms with Crippen molar-refractivity contribution >= 4 is 6.03 Å². The first kappa shape index (κ1) is 20.4. The average molecular weight is 390 g/mol. The number of rotatable bonds is 7. The summed E-state index contributed by atoms with van der Waals surface area (Å²) in [5.74, 6) is 1.75. The highest BCUT2D eigenvalue weighted by Crippen LogP contribution is 2.23. The second-order valence-electron chi connectivity index (χ2n) is 7.27. The van der Waals surface area contributed by atoms with Gasteiger partial charge >= 0.3 is 6.03 Å². The van der Waals surface area contributed by atoms with Gasteiger partial charge in [0.2, 0.25) is 0 Å². The van der Waals surface area contributed by atoms with Gasteiger partial charge in [-0.15, -0.1) is 0 Å². The number of amides is 2. The first-order valence-electron chi connectivity index (χ1n) is 9.84. The summed E-state index contributed by atoms with van der Waals surface area (Å²) in [7, 11) is 1.94. The third-order valence-electron chi connectivity index (χ3n) is 5.35. The summed E-state index contributed by atoms with van der Waals surface area (Å²) in [4.78, 5) is 14.6. The zero-order chi connectivity index (χ0) is 20.1. The standard InChI is InChI=1S/C20H31N5O3/c1-14-5-6-19(28-14)18(25-9-11-27-12-10-25)13-22-20(26)21-8-7-17-15(2)23-24(4)16(17)3/h5-6,18H,7-13H2,1-4H3,(H2,21,22,26). The van der Waals surface area contributed by atoms with E-state index in [0.29, 0.717) is 26.3 Å². The Balaban J connectivity index is 1.51. The molecule has 3 rings (SSSR count). The van der Waals surface area contributed by atoms with Crippen LogP contribution in [0.4, 0.5) is 4.79 Å². The SMILES string of the molecule is Cc1ccc(C(CNC(=O)NCCc2c(C)nn(C)c2C)N2CCOCC2)o1. The fourth-order valence-corrected chi connectivity index (χ4v) is 3.66. The lowest BCUT2D eigenvalue weighted by Gasteiger charge is -2.33. The van der Waals surface area contributed by atoms with E-state index in [-0.39, 0.29) is 12.1 Å². The summed E-state index contributed by atoms with van der Waals surface area (Å²) in [6, 6.07) is 3.79. The lowest BCUT2D eigenvalue weighted by Crippen LogP contribution is -2.45. The van der Waals surface area contributed by atoms with E-state index in [1.807, 2.05) is 44.6 Å². The number of nitrogens with one attached hydrogen (secondary N) is 2. The Labute approximate surface area is 166 Å². The summed E-state index contributed by atoms with van der Waals surface area (Å²) in [5, 5.41) is 10.4. The molecule has 2 N–H and O–H groups in total. The molecular formula is C20H31N5O3. The van der Waals surface area contributed by atoms with Crippen LogP contribution in [0.25, 0.3) is 0 Å². The number of morpholine rings is 1. The summed E-state index contributed by atoms with van der Waals surface area (Å²) in [6.45, 7) is 10.1. The minimum absolute atomic E-state index is 0.00571. The van der Waals surface area contributed by atoms with E-state index in [1.165, 1.54) is 5.56 Å². The van der Waals surface area contributed by atoms with E-state index >= 15 is 0 Å². The van der Waals surface area contributed by atoms with Crippen molar-refractivity contribution in [3.63, 3.8) is 0 Å². The Bertz CT molecular complexity index is 792. The molecule has 2 aromatic heterocycles. The summed E-state index contributed by atoms with van der Waals surface area (Å²) >= 11 is 0. The highest BCUT2D eigenvalue weighted by atomic mass is 16.5. The molecule has 2 aromatic rings. The molecule has 0 saturated carbocycles. The maximum absolute atomic E-state index is 12.3. The number of carbonyl (C=O) groups excluding carboxylic acids is 1. The van der Waals surface area contributed by atoms with Crippen LogP contribution in [0.1, 0.15) is 34.5 Å². The minimum atomic E-state index is -0.166. The van der Waals surface area contributed by atoms with E-state index in [4.69, 9.17) is 9.15 Å². The first-order chi connectivity index (χ1) is 13.5. The predicted octanol–water partition coefficient (Wildman–Crippen LogP) is 1.85. The van der Waals surface area contributed by atoms with Gasteiger partial charge in [-0.05, 0) is 44.9 Å². The lowest BCUT2D eigenvalue weighted by atomic mass is 10.1. The van der Waals surface area contributed by atoms with Gasteiger partial charge < -0.3 is 19.8 Å². The van der Waals surface area contributed by atoms with Gasteiger partial charge in [-0.2, -0.15) is 5.10 Å². The van der Waals surface area contributed by atoms with E-state index in [0.717, 1.165) is 42.4 Å². The van der Waals surface area contributed by atoms with Crippen LogP contribution in [-0.2, 0) is 18.2 Å². The van der Waals surface area contributed by atoms with Crippen molar-refractivity contribution < 1.29 is 13.9 Å². The summed E-state index contributed by atoms with van der Waals surface area (Å²) < 4.78 is 13.2. The maximum atomic E-state index is 12.3. The molecule has 1 aliphatic heterocycles. The molecule has 1 atom stereocenters. The number of nitrogens with zero attached hydrogens (tertiary/aromatic N) is 3. The normalized spacial score (nSPS) is 16.1. The Kier molecular flexibility index (Phi) is 6.74. The molecule has 2 amide bonds. The van der Waals surface area contributed by atoms with Gasteiger partial charge in [-0.25, -0.2) is 4.79 Å². The van der Waals surface area contributed by atoms with Crippen LogP contribution in [0.5, 0.6) is 0 Å². The highest BCUT2D eigenvalue weighted by molar-refractivity contribution is 5.73. The molecule has 8 heteroatoms. The second kappa shape index (κ2) is 9.25. The van der Waals surface area contributed by atoms with Crippen molar-refractivity contribution in [2.24, 2.45) is 7.05 Å². The van der Waals surface area contributed by atoms with Gasteiger partial charge in [0, 0.05) is 38.9 Å². The van der Waals surface area contributed by atoms with Gasteiger partial charge in [-0.3, -0.25) is 9.58 Å². The van der Waals surface area contributed by atoms with Gasteiger partial charge in [0.05, 0.1) is 24.9 Å². The van der Waals surface area contributed by atoms with Gasteiger partial charge in [0.1, 0.15) is 11.5 Å². The maximum Gasteiger partial charge on any atom is 0.314 e. The van der Waals surface area contributed by atoms with Crippen molar-refractivity contribution in [2.75, 3.05) is 39.4 Å². The van der Waals surface area contributed by atoms with E-state index in [9.17, 15) is 4.79 Å². The molecule has 0 radical (unpaired) electrons.